The largest absolute Gasteiger partial charge is 0.493 e. The van der Waals surface area contributed by atoms with Crippen molar-refractivity contribution in [3.8, 4) is 5.75 Å². The van der Waals surface area contributed by atoms with Crippen molar-refractivity contribution in [1.29, 1.82) is 0 Å². The third-order valence-electron chi connectivity index (χ3n) is 5.04. The number of hydrogen-bond acceptors (Lipinski definition) is 3. The van der Waals surface area contributed by atoms with Crippen molar-refractivity contribution < 1.29 is 4.74 Å². The average molecular weight is 370 g/mol. The lowest BCUT2D eigenvalue weighted by Gasteiger charge is -2.21. The van der Waals surface area contributed by atoms with Crippen molar-refractivity contribution in [2.24, 2.45) is 18.0 Å². The minimum atomic E-state index is 0.664. The number of ether oxygens (including phenoxy) is 1. The second-order valence-electron chi connectivity index (χ2n) is 7.27. The molecule has 27 heavy (non-hydrogen) atoms. The van der Waals surface area contributed by atoms with Gasteiger partial charge in [-0.05, 0) is 49.3 Å². The first-order chi connectivity index (χ1) is 13.2. The Balaban J connectivity index is 1.37. The summed E-state index contributed by atoms with van der Waals surface area (Å²) in [7, 11) is 3.83. The van der Waals surface area contributed by atoms with Crippen LogP contribution in [0.4, 0.5) is 0 Å². The molecular weight excluding hydrogens is 338 g/mol. The summed E-state index contributed by atoms with van der Waals surface area (Å²) in [4.78, 5) is 6.82. The molecule has 0 amide bonds. The SMILES string of the molecule is CN=C(NCCCOc1ccccc1C)N1CCC(Cc2cnn(C)c2)C1. The maximum Gasteiger partial charge on any atom is 0.193 e. The topological polar surface area (TPSA) is 54.7 Å². The monoisotopic (exact) mass is 369 g/mol. The second kappa shape index (κ2) is 9.44. The normalized spacial score (nSPS) is 17.4. The average Bonchev–Trinajstić information content (AvgIpc) is 3.29. The number of nitrogens with zero attached hydrogens (tertiary/aromatic N) is 4. The van der Waals surface area contributed by atoms with E-state index in [-0.39, 0.29) is 0 Å². The lowest BCUT2D eigenvalue weighted by atomic mass is 10.0. The third kappa shape index (κ3) is 5.49. The number of rotatable bonds is 7. The van der Waals surface area contributed by atoms with Crippen LogP contribution in [0.2, 0.25) is 0 Å². The highest BCUT2D eigenvalue weighted by Gasteiger charge is 2.25. The Bertz CT molecular complexity index is 755. The summed E-state index contributed by atoms with van der Waals surface area (Å²) in [6.45, 7) is 5.75. The number of nitrogens with one attached hydrogen (secondary N) is 1. The van der Waals surface area contributed by atoms with E-state index in [2.05, 4.69) is 39.5 Å². The van der Waals surface area contributed by atoms with Gasteiger partial charge in [0.1, 0.15) is 5.75 Å². The molecular formula is C21H31N5O. The van der Waals surface area contributed by atoms with Crippen LogP contribution in [0.15, 0.2) is 41.7 Å². The van der Waals surface area contributed by atoms with E-state index >= 15 is 0 Å². The number of likely N-dealkylation sites (tertiary alicyclic amines) is 1. The molecule has 1 saturated heterocycles. The Kier molecular flexibility index (Phi) is 6.74. The zero-order valence-electron chi connectivity index (χ0n) is 16.7. The summed E-state index contributed by atoms with van der Waals surface area (Å²) in [5, 5.41) is 7.75. The van der Waals surface area contributed by atoms with Gasteiger partial charge in [0, 0.05) is 39.9 Å². The molecule has 146 valence electrons. The lowest BCUT2D eigenvalue weighted by molar-refractivity contribution is 0.308. The third-order valence-corrected chi connectivity index (χ3v) is 5.04. The van der Waals surface area contributed by atoms with E-state index in [1.165, 1.54) is 17.5 Å². The van der Waals surface area contributed by atoms with Crippen LogP contribution in [0.25, 0.3) is 0 Å². The van der Waals surface area contributed by atoms with Gasteiger partial charge in [-0.2, -0.15) is 5.10 Å². The lowest BCUT2D eigenvalue weighted by Crippen LogP contribution is -2.40. The molecule has 2 heterocycles. The van der Waals surface area contributed by atoms with Crippen molar-refractivity contribution in [1.82, 2.24) is 20.0 Å². The van der Waals surface area contributed by atoms with E-state index in [1.54, 1.807) is 0 Å². The molecule has 0 radical (unpaired) electrons. The summed E-state index contributed by atoms with van der Waals surface area (Å²) < 4.78 is 7.74. The zero-order valence-corrected chi connectivity index (χ0v) is 16.7. The summed E-state index contributed by atoms with van der Waals surface area (Å²) >= 11 is 0. The molecule has 1 aromatic heterocycles. The van der Waals surface area contributed by atoms with Crippen LogP contribution < -0.4 is 10.1 Å². The van der Waals surface area contributed by atoms with Gasteiger partial charge < -0.3 is 15.0 Å². The van der Waals surface area contributed by atoms with Gasteiger partial charge in [0.2, 0.25) is 0 Å². The smallest absolute Gasteiger partial charge is 0.193 e. The minimum absolute atomic E-state index is 0.664. The molecule has 0 spiro atoms. The standard InChI is InChI=1S/C21H31N5O/c1-17-7-4-5-8-20(17)27-12-6-10-23-21(22-2)26-11-9-18(16-26)13-19-14-24-25(3)15-19/h4-5,7-8,14-15,18H,6,9-13,16H2,1-3H3,(H,22,23). The van der Waals surface area contributed by atoms with Gasteiger partial charge in [-0.3, -0.25) is 9.67 Å². The number of aliphatic imine (C=N–C) groups is 1. The summed E-state index contributed by atoms with van der Waals surface area (Å²) in [6, 6.07) is 8.14. The predicted molar refractivity (Wildman–Crippen MR) is 109 cm³/mol. The van der Waals surface area contributed by atoms with Crippen molar-refractivity contribution >= 4 is 5.96 Å². The first-order valence-electron chi connectivity index (χ1n) is 9.77. The molecule has 3 rings (SSSR count). The first-order valence-corrected chi connectivity index (χ1v) is 9.77. The molecule has 1 unspecified atom stereocenters. The van der Waals surface area contributed by atoms with Crippen molar-refractivity contribution in [2.75, 3.05) is 33.3 Å². The van der Waals surface area contributed by atoms with Gasteiger partial charge in [-0.25, -0.2) is 0 Å². The fourth-order valence-corrected chi connectivity index (χ4v) is 3.61. The van der Waals surface area contributed by atoms with E-state index in [1.807, 2.05) is 43.2 Å². The number of para-hydroxylation sites is 1. The van der Waals surface area contributed by atoms with Crippen LogP contribution in [0.3, 0.4) is 0 Å². The van der Waals surface area contributed by atoms with Gasteiger partial charge >= 0.3 is 0 Å². The summed E-state index contributed by atoms with van der Waals surface area (Å²) in [6.07, 6.45) is 7.33. The maximum absolute atomic E-state index is 5.86. The van der Waals surface area contributed by atoms with Gasteiger partial charge in [-0.1, -0.05) is 18.2 Å². The number of guanidine groups is 1. The molecule has 1 aliphatic heterocycles. The Morgan fingerprint density at radius 1 is 1.37 bits per heavy atom. The minimum Gasteiger partial charge on any atom is -0.493 e. The molecule has 6 heteroatoms. The van der Waals surface area contributed by atoms with Crippen LogP contribution >= 0.6 is 0 Å². The van der Waals surface area contributed by atoms with Gasteiger partial charge in [0.25, 0.3) is 0 Å². The number of hydrogen-bond donors (Lipinski definition) is 1. The van der Waals surface area contributed by atoms with E-state index in [0.717, 1.165) is 44.2 Å². The van der Waals surface area contributed by atoms with Gasteiger partial charge in [0.15, 0.2) is 5.96 Å². The quantitative estimate of drug-likeness (QED) is 0.463. The number of aromatic nitrogens is 2. The van der Waals surface area contributed by atoms with Crippen molar-refractivity contribution in [3.05, 3.63) is 47.8 Å². The molecule has 1 aromatic carbocycles. The van der Waals surface area contributed by atoms with Crippen LogP contribution in [0.1, 0.15) is 24.0 Å². The molecule has 1 aliphatic rings. The summed E-state index contributed by atoms with van der Waals surface area (Å²) in [5.74, 6) is 2.64. The summed E-state index contributed by atoms with van der Waals surface area (Å²) in [5.41, 5.74) is 2.50. The van der Waals surface area contributed by atoms with E-state index in [9.17, 15) is 0 Å². The molecule has 2 aromatic rings. The highest BCUT2D eigenvalue weighted by Crippen LogP contribution is 2.20. The van der Waals surface area contributed by atoms with Crippen LogP contribution in [-0.4, -0.2) is 53.9 Å². The number of benzene rings is 1. The molecule has 0 aliphatic carbocycles. The van der Waals surface area contributed by atoms with E-state index in [0.29, 0.717) is 12.5 Å². The Morgan fingerprint density at radius 3 is 2.96 bits per heavy atom. The molecule has 1 fully saturated rings. The Labute approximate surface area is 162 Å². The zero-order chi connectivity index (χ0) is 19.1. The number of aryl methyl sites for hydroxylation is 2. The predicted octanol–water partition coefficient (Wildman–Crippen LogP) is 2.64. The van der Waals surface area contributed by atoms with Gasteiger partial charge in [0.05, 0.1) is 12.8 Å². The molecule has 1 N–H and O–H groups in total. The molecule has 6 nitrogen and oxygen atoms in total. The van der Waals surface area contributed by atoms with Crippen LogP contribution in [-0.2, 0) is 13.5 Å². The Hall–Kier alpha value is -2.50. The van der Waals surface area contributed by atoms with E-state index < -0.39 is 0 Å². The highest BCUT2D eigenvalue weighted by molar-refractivity contribution is 5.80. The van der Waals surface area contributed by atoms with Crippen LogP contribution in [0, 0.1) is 12.8 Å². The van der Waals surface area contributed by atoms with Crippen molar-refractivity contribution in [3.63, 3.8) is 0 Å². The highest BCUT2D eigenvalue weighted by atomic mass is 16.5. The fraction of sp³-hybridized carbons (Fsp3) is 0.524. The molecule has 0 bridgehead atoms. The molecule has 0 saturated carbocycles. The fourth-order valence-electron chi connectivity index (χ4n) is 3.61. The van der Waals surface area contributed by atoms with E-state index in [4.69, 9.17) is 4.74 Å². The van der Waals surface area contributed by atoms with Gasteiger partial charge in [-0.15, -0.1) is 0 Å². The van der Waals surface area contributed by atoms with Crippen LogP contribution in [0.5, 0.6) is 5.75 Å². The molecule has 1 atom stereocenters. The Morgan fingerprint density at radius 2 is 2.22 bits per heavy atom. The maximum atomic E-state index is 5.86. The second-order valence-corrected chi connectivity index (χ2v) is 7.27. The first kappa shape index (κ1) is 19.3. The van der Waals surface area contributed by atoms with Crippen molar-refractivity contribution in [2.45, 2.75) is 26.2 Å².